The van der Waals surface area contributed by atoms with Crippen LogP contribution in [0.3, 0.4) is 0 Å². The van der Waals surface area contributed by atoms with Gasteiger partial charge in [0.1, 0.15) is 28.5 Å². The molecular weight excluding hydrogens is 470 g/mol. The van der Waals surface area contributed by atoms with Crippen LogP contribution < -0.4 is 10.1 Å². The summed E-state index contributed by atoms with van der Waals surface area (Å²) < 4.78 is 5.91. The van der Waals surface area contributed by atoms with E-state index in [0.29, 0.717) is 20.6 Å². The number of fused-ring (bicyclic) bond motifs is 1. The van der Waals surface area contributed by atoms with Crippen molar-refractivity contribution >= 4 is 50.2 Å². The van der Waals surface area contributed by atoms with Crippen molar-refractivity contribution in [3.63, 3.8) is 0 Å². The molecule has 0 saturated carbocycles. The Morgan fingerprint density at radius 2 is 2.07 bits per heavy atom. The molecule has 1 amide bonds. The van der Waals surface area contributed by atoms with Crippen molar-refractivity contribution in [1.82, 2.24) is 0 Å². The highest BCUT2D eigenvalue weighted by Crippen LogP contribution is 2.38. The maximum Gasteiger partial charge on any atom is 0.341 e. The Bertz CT molecular complexity index is 1120. The van der Waals surface area contributed by atoms with E-state index in [0.717, 1.165) is 36.1 Å². The first-order valence-corrected chi connectivity index (χ1v) is 10.7. The lowest BCUT2D eigenvalue weighted by Crippen LogP contribution is -2.14. The van der Waals surface area contributed by atoms with Crippen LogP contribution in [0.4, 0.5) is 5.00 Å². The van der Waals surface area contributed by atoms with E-state index < -0.39 is 18.5 Å². The molecule has 1 heterocycles. The van der Waals surface area contributed by atoms with Gasteiger partial charge in [-0.2, -0.15) is 10.5 Å². The van der Waals surface area contributed by atoms with Gasteiger partial charge in [0.15, 0.2) is 6.61 Å². The lowest BCUT2D eigenvalue weighted by Gasteiger charge is -2.09. The largest absolute Gasteiger partial charge is 0.481 e. The van der Waals surface area contributed by atoms with Crippen LogP contribution in [0.5, 0.6) is 5.75 Å². The number of anilines is 1. The maximum atomic E-state index is 12.7. The fraction of sp³-hybridized carbons (Fsp3) is 0.238. The number of carbonyl (C=O) groups is 2. The molecule has 0 aliphatic heterocycles. The molecule has 1 aromatic carbocycles. The van der Waals surface area contributed by atoms with E-state index in [2.05, 4.69) is 27.3 Å². The summed E-state index contributed by atoms with van der Waals surface area (Å²) in [6, 6.07) is 8.86. The average Bonchev–Trinajstić information content (AvgIpc) is 3.07. The number of carboxylic acids is 1. The summed E-state index contributed by atoms with van der Waals surface area (Å²) in [6.45, 7) is -0.553. The Morgan fingerprint density at radius 1 is 1.30 bits per heavy atom. The van der Waals surface area contributed by atoms with Crippen LogP contribution in [0.1, 0.15) is 34.4 Å². The third kappa shape index (κ3) is 4.88. The molecule has 0 atom stereocenters. The highest BCUT2D eigenvalue weighted by Gasteiger charge is 2.23. The summed E-state index contributed by atoms with van der Waals surface area (Å²) in [5.41, 5.74) is 1.64. The Labute approximate surface area is 185 Å². The molecule has 0 saturated heterocycles. The first kappa shape index (κ1) is 21.6. The van der Waals surface area contributed by atoms with Crippen LogP contribution in [0.25, 0.3) is 6.08 Å². The zero-order valence-electron chi connectivity index (χ0n) is 15.7. The number of nitrogens with zero attached hydrogens (tertiary/aromatic N) is 2. The number of rotatable bonds is 6. The van der Waals surface area contributed by atoms with Gasteiger partial charge < -0.3 is 15.2 Å². The number of carbonyl (C=O) groups excluding carboxylic acids is 1. The number of benzene rings is 1. The molecule has 7 nitrogen and oxygen atoms in total. The molecule has 0 spiro atoms. The molecule has 1 aliphatic rings. The first-order chi connectivity index (χ1) is 14.4. The number of halogens is 1. The number of hydrogen-bond acceptors (Lipinski definition) is 6. The van der Waals surface area contributed by atoms with Crippen molar-refractivity contribution in [2.45, 2.75) is 25.7 Å². The van der Waals surface area contributed by atoms with E-state index in [1.54, 1.807) is 18.2 Å². The van der Waals surface area contributed by atoms with Crippen LogP contribution in [0.15, 0.2) is 28.2 Å². The van der Waals surface area contributed by atoms with Crippen LogP contribution in [0, 0.1) is 22.7 Å². The Hall–Kier alpha value is -3.14. The normalized spacial score (nSPS) is 13.0. The monoisotopic (exact) mass is 485 g/mol. The number of hydrogen-bond donors (Lipinski definition) is 2. The minimum atomic E-state index is -1.14. The number of aliphatic carboxylic acids is 1. The predicted octanol–water partition coefficient (Wildman–Crippen LogP) is 4.27. The highest BCUT2D eigenvalue weighted by molar-refractivity contribution is 9.10. The van der Waals surface area contributed by atoms with Gasteiger partial charge in [0.05, 0.1) is 5.56 Å². The number of ether oxygens (including phenoxy) is 1. The summed E-state index contributed by atoms with van der Waals surface area (Å²) in [7, 11) is 0. The van der Waals surface area contributed by atoms with Crippen molar-refractivity contribution in [1.29, 1.82) is 10.5 Å². The molecule has 2 aromatic rings. The highest BCUT2D eigenvalue weighted by atomic mass is 79.9. The van der Waals surface area contributed by atoms with Gasteiger partial charge in [-0.15, -0.1) is 11.3 Å². The number of carboxylic acid groups (broad SMARTS) is 1. The topological polar surface area (TPSA) is 123 Å². The predicted molar refractivity (Wildman–Crippen MR) is 115 cm³/mol. The SMILES string of the molecule is N#C/C(=C\c1cc(Br)ccc1OCC(=O)O)C(=O)Nc1sc2c(c1C#N)CCCC2. The molecule has 152 valence electrons. The summed E-state index contributed by atoms with van der Waals surface area (Å²) in [4.78, 5) is 24.6. The van der Waals surface area contributed by atoms with Gasteiger partial charge in [0, 0.05) is 14.9 Å². The summed E-state index contributed by atoms with van der Waals surface area (Å²) >= 11 is 4.69. The second kappa shape index (κ2) is 9.57. The fourth-order valence-corrected chi connectivity index (χ4v) is 4.76. The second-order valence-electron chi connectivity index (χ2n) is 6.52. The van der Waals surface area contributed by atoms with Crippen LogP contribution in [0.2, 0.25) is 0 Å². The number of nitriles is 2. The van der Waals surface area contributed by atoms with Gasteiger partial charge >= 0.3 is 5.97 Å². The molecule has 3 rings (SSSR count). The molecule has 9 heteroatoms. The third-order valence-corrected chi connectivity index (χ3v) is 6.20. The average molecular weight is 486 g/mol. The van der Waals surface area contributed by atoms with Crippen molar-refractivity contribution in [3.05, 3.63) is 49.8 Å². The summed E-state index contributed by atoms with van der Waals surface area (Å²) in [5, 5.41) is 31.0. The van der Waals surface area contributed by atoms with E-state index in [4.69, 9.17) is 9.84 Å². The summed E-state index contributed by atoms with van der Waals surface area (Å²) in [6.07, 6.45) is 5.09. The van der Waals surface area contributed by atoms with Crippen LogP contribution >= 0.6 is 27.3 Å². The zero-order chi connectivity index (χ0) is 21.7. The van der Waals surface area contributed by atoms with E-state index in [9.17, 15) is 20.1 Å². The van der Waals surface area contributed by atoms with E-state index in [-0.39, 0.29) is 11.3 Å². The van der Waals surface area contributed by atoms with Crippen molar-refractivity contribution < 1.29 is 19.4 Å². The first-order valence-electron chi connectivity index (χ1n) is 9.05. The number of thiophene rings is 1. The Balaban J connectivity index is 1.89. The fourth-order valence-electron chi connectivity index (χ4n) is 3.15. The van der Waals surface area contributed by atoms with Gasteiger partial charge in [0.25, 0.3) is 5.91 Å². The van der Waals surface area contributed by atoms with Crippen LogP contribution in [-0.4, -0.2) is 23.6 Å². The molecule has 1 aliphatic carbocycles. The molecule has 30 heavy (non-hydrogen) atoms. The van der Waals surface area contributed by atoms with Gasteiger partial charge in [-0.05, 0) is 55.5 Å². The standard InChI is InChI=1S/C21H16BrN3O4S/c22-14-5-6-17(29-11-19(26)27)12(8-14)7-13(9-23)20(28)25-21-16(10-24)15-3-1-2-4-18(15)30-21/h5-8H,1-4,11H2,(H,25,28)(H,26,27)/b13-7+. The van der Waals surface area contributed by atoms with Gasteiger partial charge in [0.2, 0.25) is 0 Å². The summed E-state index contributed by atoms with van der Waals surface area (Å²) in [5.74, 6) is -1.56. The van der Waals surface area contributed by atoms with Crippen LogP contribution in [-0.2, 0) is 22.4 Å². The minimum Gasteiger partial charge on any atom is -0.481 e. The Morgan fingerprint density at radius 3 is 2.77 bits per heavy atom. The number of aryl methyl sites for hydroxylation is 1. The molecule has 0 fully saturated rings. The van der Waals surface area contributed by atoms with E-state index >= 15 is 0 Å². The van der Waals surface area contributed by atoms with E-state index in [1.165, 1.54) is 17.4 Å². The smallest absolute Gasteiger partial charge is 0.341 e. The van der Waals surface area contributed by atoms with Gasteiger partial charge in [-0.3, -0.25) is 4.79 Å². The molecule has 1 aromatic heterocycles. The van der Waals surface area contributed by atoms with Gasteiger partial charge in [-0.25, -0.2) is 4.79 Å². The zero-order valence-corrected chi connectivity index (χ0v) is 18.1. The minimum absolute atomic E-state index is 0.191. The molecular formula is C21H16BrN3O4S. The molecule has 0 radical (unpaired) electrons. The Kier molecular flexibility index (Phi) is 6.88. The molecule has 2 N–H and O–H groups in total. The number of nitrogens with one attached hydrogen (secondary N) is 1. The second-order valence-corrected chi connectivity index (χ2v) is 8.54. The number of amides is 1. The molecule has 0 bridgehead atoms. The molecule has 0 unspecified atom stereocenters. The van der Waals surface area contributed by atoms with Crippen molar-refractivity contribution in [2.24, 2.45) is 0 Å². The lowest BCUT2D eigenvalue weighted by molar-refractivity contribution is -0.139. The third-order valence-electron chi connectivity index (χ3n) is 4.50. The maximum absolute atomic E-state index is 12.7. The van der Waals surface area contributed by atoms with E-state index in [1.807, 2.05) is 6.07 Å². The lowest BCUT2D eigenvalue weighted by atomic mass is 9.96. The van der Waals surface area contributed by atoms with Crippen molar-refractivity contribution in [3.8, 4) is 17.9 Å². The van der Waals surface area contributed by atoms with Gasteiger partial charge in [-0.1, -0.05) is 15.9 Å². The van der Waals surface area contributed by atoms with Crippen molar-refractivity contribution in [2.75, 3.05) is 11.9 Å². The quantitative estimate of drug-likeness (QED) is 0.464.